The van der Waals surface area contributed by atoms with Crippen LogP contribution < -0.4 is 0 Å². The summed E-state index contributed by atoms with van der Waals surface area (Å²) < 4.78 is 33.2. The number of aromatic nitrogens is 1. The molecule has 0 saturated heterocycles. The molecular weight excluding hydrogens is 441 g/mol. The van der Waals surface area contributed by atoms with Gasteiger partial charge in [-0.25, -0.2) is 0 Å². The normalized spacial score (nSPS) is 18.2. The minimum absolute atomic E-state index is 0.373. The van der Waals surface area contributed by atoms with Gasteiger partial charge in [0.25, 0.3) is 0 Å². The van der Waals surface area contributed by atoms with Crippen LogP contribution in [0.15, 0.2) is 58.9 Å². The van der Waals surface area contributed by atoms with Gasteiger partial charge in [0.1, 0.15) is 0 Å². The Balaban J connectivity index is 2.08. The van der Waals surface area contributed by atoms with Crippen molar-refractivity contribution in [3.8, 4) is 0 Å². The third kappa shape index (κ3) is 2.14. The van der Waals surface area contributed by atoms with Crippen molar-refractivity contribution >= 4 is 49.0 Å². The Hall–Kier alpha value is -1.47. The van der Waals surface area contributed by atoms with E-state index in [9.17, 15) is 0 Å². The van der Waals surface area contributed by atoms with Crippen LogP contribution in [-0.4, -0.2) is 20.6 Å². The number of nitrogens with zero attached hydrogens (tertiary/aromatic N) is 2. The molecule has 0 unspecified atom stereocenters. The van der Waals surface area contributed by atoms with Crippen molar-refractivity contribution in [1.82, 2.24) is 4.48 Å². The zero-order valence-electron chi connectivity index (χ0n) is 12.8. The van der Waals surface area contributed by atoms with Gasteiger partial charge in [0.2, 0.25) is 4.62 Å². The van der Waals surface area contributed by atoms with Gasteiger partial charge >= 0.3 is 6.97 Å². The van der Waals surface area contributed by atoms with Crippen LogP contribution >= 0.6 is 31.9 Å². The summed E-state index contributed by atoms with van der Waals surface area (Å²) in [4.78, 5) is 0. The molecule has 2 aromatic rings. The van der Waals surface area contributed by atoms with Gasteiger partial charge in [-0.05, 0) is 45.6 Å². The lowest BCUT2D eigenvalue weighted by Gasteiger charge is -2.32. The molecule has 122 valence electrons. The summed E-state index contributed by atoms with van der Waals surface area (Å²) in [7, 11) is 0. The van der Waals surface area contributed by atoms with Crippen molar-refractivity contribution in [2.45, 2.75) is 13.3 Å². The molecule has 4 rings (SSSR count). The molecule has 0 amide bonds. The standard InChI is InChI=1S/C17H13BBr2F2N2/c1-2-11-4-3-5-12(10-11)17-13-6-8-15(19)23(13)18(21,22)24-14(17)7-9-16(24)20/h3-10H,2H2,1H3. The summed E-state index contributed by atoms with van der Waals surface area (Å²) in [6, 6.07) is 11.5. The van der Waals surface area contributed by atoms with Gasteiger partial charge < -0.3 is 17.6 Å². The average molecular weight is 454 g/mol. The first kappa shape index (κ1) is 16.0. The van der Waals surface area contributed by atoms with Crippen LogP contribution in [0, 0.1) is 0 Å². The Kier molecular flexibility index (Phi) is 3.69. The highest BCUT2D eigenvalue weighted by atomic mass is 79.9. The summed E-state index contributed by atoms with van der Waals surface area (Å²) in [5, 5.41) is 0. The molecule has 0 saturated carbocycles. The SMILES string of the molecule is CCc1cccc(C2=C3C=CC(Br)=[N+]3[B-](F)(F)n3c(Br)ccc32)c1. The van der Waals surface area contributed by atoms with Gasteiger partial charge in [-0.1, -0.05) is 31.2 Å². The van der Waals surface area contributed by atoms with Crippen LogP contribution in [0.5, 0.6) is 0 Å². The van der Waals surface area contributed by atoms with Gasteiger partial charge in [0.15, 0.2) is 5.70 Å². The summed E-state index contributed by atoms with van der Waals surface area (Å²) in [6.07, 6.45) is 4.32. The average Bonchev–Trinajstić information content (AvgIpc) is 3.13. The van der Waals surface area contributed by atoms with E-state index in [0.29, 0.717) is 20.6 Å². The number of benzene rings is 1. The van der Waals surface area contributed by atoms with E-state index in [1.165, 1.54) is 5.56 Å². The molecule has 0 N–H and O–H groups in total. The molecule has 0 radical (unpaired) electrons. The Labute approximate surface area is 155 Å². The molecule has 1 aromatic heterocycles. The minimum atomic E-state index is -3.96. The van der Waals surface area contributed by atoms with Crippen LogP contribution in [0.25, 0.3) is 5.57 Å². The first-order valence-corrected chi connectivity index (χ1v) is 9.26. The second-order valence-corrected chi connectivity index (χ2v) is 7.46. The number of aryl methyl sites for hydroxylation is 1. The monoisotopic (exact) mass is 452 g/mol. The van der Waals surface area contributed by atoms with Gasteiger partial charge in [0, 0.05) is 33.8 Å². The minimum Gasteiger partial charge on any atom is -0.389 e. The van der Waals surface area contributed by atoms with Gasteiger partial charge in [0.05, 0.1) is 10.2 Å². The predicted molar refractivity (Wildman–Crippen MR) is 101 cm³/mol. The maximum absolute atomic E-state index is 15.1. The molecule has 2 aliphatic heterocycles. The van der Waals surface area contributed by atoms with Crippen LogP contribution in [0.3, 0.4) is 0 Å². The highest BCUT2D eigenvalue weighted by Crippen LogP contribution is 2.42. The molecule has 3 heterocycles. The maximum atomic E-state index is 15.1. The zero-order valence-corrected chi connectivity index (χ0v) is 16.0. The molecule has 24 heavy (non-hydrogen) atoms. The van der Waals surface area contributed by atoms with Crippen LogP contribution in [0.2, 0.25) is 0 Å². The molecule has 0 spiro atoms. The van der Waals surface area contributed by atoms with Crippen molar-refractivity contribution in [2.75, 3.05) is 0 Å². The number of hydrogen-bond acceptors (Lipinski definition) is 0. The highest BCUT2D eigenvalue weighted by Gasteiger charge is 2.54. The predicted octanol–water partition coefficient (Wildman–Crippen LogP) is 5.18. The fourth-order valence-corrected chi connectivity index (χ4v) is 4.51. The van der Waals surface area contributed by atoms with Gasteiger partial charge in [-0.3, -0.25) is 0 Å². The van der Waals surface area contributed by atoms with E-state index in [2.05, 4.69) is 50.9 Å². The van der Waals surface area contributed by atoms with E-state index in [1.807, 2.05) is 12.1 Å². The molecule has 2 aliphatic rings. The summed E-state index contributed by atoms with van der Waals surface area (Å²) in [6.45, 7) is -1.87. The number of halogens is 4. The second kappa shape index (κ2) is 5.53. The topological polar surface area (TPSA) is 7.94 Å². The van der Waals surface area contributed by atoms with E-state index in [1.54, 1.807) is 24.3 Å². The fraction of sp³-hybridized carbons (Fsp3) is 0.118. The number of fused-ring (bicyclic) bond motifs is 2. The molecular formula is C17H13BBr2F2N2. The largest absolute Gasteiger partial charge is 0.738 e. The molecule has 2 nitrogen and oxygen atoms in total. The lowest BCUT2D eigenvalue weighted by molar-refractivity contribution is -0.358. The molecule has 1 aromatic carbocycles. The second-order valence-electron chi connectivity index (χ2n) is 5.84. The number of hydrogen-bond donors (Lipinski definition) is 0. The molecule has 7 heteroatoms. The lowest BCUT2D eigenvalue weighted by atomic mass is 9.86. The molecule has 0 bridgehead atoms. The smallest absolute Gasteiger partial charge is 0.389 e. The van der Waals surface area contributed by atoms with Crippen LogP contribution in [0.4, 0.5) is 8.63 Å². The van der Waals surface area contributed by atoms with E-state index >= 15 is 8.63 Å². The van der Waals surface area contributed by atoms with E-state index in [-0.39, 0.29) is 0 Å². The maximum Gasteiger partial charge on any atom is 0.738 e. The summed E-state index contributed by atoms with van der Waals surface area (Å²) in [5.41, 5.74) is 3.99. The van der Waals surface area contributed by atoms with E-state index in [0.717, 1.165) is 26.5 Å². The summed E-state index contributed by atoms with van der Waals surface area (Å²) >= 11 is 6.55. The Morgan fingerprint density at radius 2 is 1.92 bits per heavy atom. The van der Waals surface area contributed by atoms with Gasteiger partial charge in [-0.2, -0.15) is 0 Å². The number of rotatable bonds is 2. The van der Waals surface area contributed by atoms with Crippen molar-refractivity contribution in [2.24, 2.45) is 0 Å². The van der Waals surface area contributed by atoms with Gasteiger partial charge in [-0.15, -0.1) is 0 Å². The third-order valence-corrected chi connectivity index (χ3v) is 5.79. The van der Waals surface area contributed by atoms with E-state index in [4.69, 9.17) is 0 Å². The summed E-state index contributed by atoms with van der Waals surface area (Å²) in [5.74, 6) is 0. The Bertz CT molecular complexity index is 957. The van der Waals surface area contributed by atoms with Crippen LogP contribution in [0.1, 0.15) is 23.7 Å². The van der Waals surface area contributed by atoms with Crippen molar-refractivity contribution < 1.29 is 13.1 Å². The quantitative estimate of drug-likeness (QED) is 0.553. The fourth-order valence-electron chi connectivity index (χ4n) is 3.37. The van der Waals surface area contributed by atoms with Crippen molar-refractivity contribution in [3.63, 3.8) is 0 Å². The van der Waals surface area contributed by atoms with Crippen molar-refractivity contribution in [1.29, 1.82) is 0 Å². The third-order valence-electron chi connectivity index (χ3n) is 4.49. The molecule has 0 atom stereocenters. The Morgan fingerprint density at radius 1 is 1.12 bits per heavy atom. The Morgan fingerprint density at radius 3 is 2.67 bits per heavy atom. The zero-order chi connectivity index (χ0) is 17.1. The first-order valence-electron chi connectivity index (χ1n) is 7.68. The van der Waals surface area contributed by atoms with Crippen molar-refractivity contribution in [3.05, 3.63) is 75.7 Å². The van der Waals surface area contributed by atoms with E-state index < -0.39 is 6.97 Å². The first-order chi connectivity index (χ1) is 11.4. The number of allylic oxidation sites excluding steroid dienone is 2. The highest BCUT2D eigenvalue weighted by molar-refractivity contribution is 9.18. The molecule has 0 fully saturated rings. The molecule has 0 aliphatic carbocycles. The lowest BCUT2D eigenvalue weighted by Crippen LogP contribution is -2.50. The van der Waals surface area contributed by atoms with Crippen LogP contribution in [-0.2, 0) is 6.42 Å².